The van der Waals surface area contributed by atoms with Crippen LogP contribution in [0, 0.1) is 10.1 Å². The van der Waals surface area contributed by atoms with Crippen LogP contribution >= 0.6 is 0 Å². The van der Waals surface area contributed by atoms with Gasteiger partial charge in [-0.3, -0.25) is 15.0 Å². The summed E-state index contributed by atoms with van der Waals surface area (Å²) in [6.45, 7) is 4.92. The van der Waals surface area contributed by atoms with Crippen LogP contribution in [0.5, 0.6) is 0 Å². The van der Waals surface area contributed by atoms with Crippen molar-refractivity contribution in [3.8, 4) is 0 Å². The number of rotatable bonds is 11. The van der Waals surface area contributed by atoms with Crippen LogP contribution in [-0.4, -0.2) is 66.2 Å². The minimum atomic E-state index is -4.40. The SMILES string of the molecule is CC(C)(C)OC(=O)N[C@@H](Cc1ccccc1)[C@H](O)CN(OC1CCCCO1)S(=O)(=O)c1ccc([N+](=O)[O-])cc1. The van der Waals surface area contributed by atoms with Gasteiger partial charge in [-0.15, -0.1) is 0 Å². The summed E-state index contributed by atoms with van der Waals surface area (Å²) in [6, 6.07) is 12.4. The number of hydroxylamine groups is 1. The van der Waals surface area contributed by atoms with Crippen molar-refractivity contribution in [3.63, 3.8) is 0 Å². The summed E-state index contributed by atoms with van der Waals surface area (Å²) < 4.78 is 38.7. The van der Waals surface area contributed by atoms with Gasteiger partial charge in [-0.1, -0.05) is 34.8 Å². The molecule has 0 saturated carbocycles. The highest BCUT2D eigenvalue weighted by molar-refractivity contribution is 7.89. The number of aliphatic hydroxyl groups excluding tert-OH is 1. The highest BCUT2D eigenvalue weighted by Gasteiger charge is 2.35. The highest BCUT2D eigenvalue weighted by atomic mass is 32.2. The number of carbonyl (C=O) groups is 1. The number of nitrogens with zero attached hydrogens (tertiary/aromatic N) is 2. The number of hydrogen-bond donors (Lipinski definition) is 2. The zero-order chi connectivity index (χ0) is 28.6. The van der Waals surface area contributed by atoms with Crippen molar-refractivity contribution in [3.05, 3.63) is 70.3 Å². The fraction of sp³-hybridized carbons (Fsp3) is 0.500. The molecule has 3 atom stereocenters. The molecule has 1 heterocycles. The van der Waals surface area contributed by atoms with E-state index in [9.17, 15) is 28.4 Å². The summed E-state index contributed by atoms with van der Waals surface area (Å²) in [5.41, 5.74) is -0.278. The number of alkyl carbamates (subject to hydrolysis) is 1. The van der Waals surface area contributed by atoms with Gasteiger partial charge in [-0.2, -0.15) is 0 Å². The first-order chi connectivity index (χ1) is 18.3. The van der Waals surface area contributed by atoms with Gasteiger partial charge in [0.1, 0.15) is 5.60 Å². The number of benzene rings is 2. The molecule has 1 saturated heterocycles. The average molecular weight is 566 g/mol. The number of non-ortho nitro benzene ring substituents is 1. The van der Waals surface area contributed by atoms with Crippen LogP contribution in [0.2, 0.25) is 0 Å². The minimum Gasteiger partial charge on any atom is -0.444 e. The van der Waals surface area contributed by atoms with Crippen LogP contribution in [0.1, 0.15) is 45.6 Å². The lowest BCUT2D eigenvalue weighted by atomic mass is 10.0. The molecule has 0 aromatic heterocycles. The Morgan fingerprint density at radius 1 is 1.18 bits per heavy atom. The first kappa shape index (κ1) is 30.4. The molecule has 1 amide bonds. The van der Waals surface area contributed by atoms with Gasteiger partial charge in [0, 0.05) is 25.2 Å². The molecule has 1 unspecified atom stereocenters. The fourth-order valence-electron chi connectivity index (χ4n) is 3.87. The lowest BCUT2D eigenvalue weighted by Gasteiger charge is -2.32. The van der Waals surface area contributed by atoms with E-state index in [1.807, 2.05) is 18.2 Å². The Hall–Kier alpha value is -3.10. The van der Waals surface area contributed by atoms with Crippen molar-refractivity contribution >= 4 is 21.8 Å². The molecule has 1 fully saturated rings. The maximum atomic E-state index is 13.6. The van der Waals surface area contributed by atoms with Gasteiger partial charge in [-0.25, -0.2) is 13.2 Å². The normalized spacial score (nSPS) is 17.8. The first-order valence-electron chi connectivity index (χ1n) is 12.6. The second-order valence-corrected chi connectivity index (χ2v) is 12.0. The van der Waals surface area contributed by atoms with E-state index >= 15 is 0 Å². The number of aliphatic hydroxyl groups is 1. The molecule has 3 rings (SSSR count). The average Bonchev–Trinajstić information content (AvgIpc) is 2.88. The molecular formula is C26H35N3O9S. The second-order valence-electron chi connectivity index (χ2n) is 10.2. The summed E-state index contributed by atoms with van der Waals surface area (Å²) in [5, 5.41) is 24.9. The number of nitro groups is 1. The van der Waals surface area contributed by atoms with Crippen LogP contribution in [0.15, 0.2) is 59.5 Å². The molecule has 12 nitrogen and oxygen atoms in total. The van der Waals surface area contributed by atoms with E-state index in [1.54, 1.807) is 32.9 Å². The Kier molecular flexibility index (Phi) is 10.4. The van der Waals surface area contributed by atoms with Crippen LogP contribution in [-0.2, 0) is 30.8 Å². The first-order valence-corrected chi connectivity index (χ1v) is 14.1. The second kappa shape index (κ2) is 13.3. The summed E-state index contributed by atoms with van der Waals surface area (Å²) >= 11 is 0. The van der Waals surface area contributed by atoms with Crippen molar-refractivity contribution in [2.24, 2.45) is 0 Å². The molecular weight excluding hydrogens is 530 g/mol. The van der Waals surface area contributed by atoms with Crippen molar-refractivity contribution in [2.45, 2.75) is 75.4 Å². The Bertz CT molecular complexity index is 1200. The molecule has 0 aliphatic carbocycles. The van der Waals surface area contributed by atoms with E-state index in [0.717, 1.165) is 42.7 Å². The van der Waals surface area contributed by atoms with E-state index in [4.69, 9.17) is 14.3 Å². The molecule has 0 spiro atoms. The number of ether oxygens (including phenoxy) is 2. The third-order valence-electron chi connectivity index (χ3n) is 5.79. The molecule has 2 aromatic carbocycles. The summed E-state index contributed by atoms with van der Waals surface area (Å²) in [4.78, 5) is 28.4. The number of carbonyl (C=O) groups excluding carboxylic acids is 1. The fourth-order valence-corrected chi connectivity index (χ4v) is 5.14. The minimum absolute atomic E-state index is 0.173. The summed E-state index contributed by atoms with van der Waals surface area (Å²) in [6.07, 6.45) is -0.909. The van der Waals surface area contributed by atoms with Crippen molar-refractivity contribution in [2.75, 3.05) is 13.2 Å². The van der Waals surface area contributed by atoms with Crippen LogP contribution in [0.25, 0.3) is 0 Å². The molecule has 0 radical (unpaired) electrons. The maximum Gasteiger partial charge on any atom is 0.407 e. The number of nitrogens with one attached hydrogen (secondary N) is 1. The lowest BCUT2D eigenvalue weighted by molar-refractivity contribution is -0.384. The maximum absolute atomic E-state index is 13.6. The van der Waals surface area contributed by atoms with E-state index in [2.05, 4.69) is 5.32 Å². The van der Waals surface area contributed by atoms with Gasteiger partial charge in [0.15, 0.2) is 6.29 Å². The number of amides is 1. The van der Waals surface area contributed by atoms with Crippen LogP contribution in [0.3, 0.4) is 0 Å². The highest BCUT2D eigenvalue weighted by Crippen LogP contribution is 2.24. The van der Waals surface area contributed by atoms with Gasteiger partial charge in [0.2, 0.25) is 0 Å². The largest absolute Gasteiger partial charge is 0.444 e. The molecule has 39 heavy (non-hydrogen) atoms. The predicted octanol–water partition coefficient (Wildman–Crippen LogP) is 3.54. The Balaban J connectivity index is 1.88. The lowest BCUT2D eigenvalue weighted by Crippen LogP contribution is -2.52. The molecule has 13 heteroatoms. The Labute approximate surface area is 228 Å². The van der Waals surface area contributed by atoms with E-state index < -0.39 is 51.6 Å². The molecule has 2 N–H and O–H groups in total. The van der Waals surface area contributed by atoms with E-state index in [1.165, 1.54) is 0 Å². The summed E-state index contributed by atoms with van der Waals surface area (Å²) in [5.74, 6) is 0. The third kappa shape index (κ3) is 9.25. The van der Waals surface area contributed by atoms with E-state index in [-0.39, 0.29) is 17.0 Å². The van der Waals surface area contributed by atoms with Gasteiger partial charge in [0.05, 0.1) is 28.5 Å². The number of nitro benzene ring substituents is 1. The number of sulfonamides is 1. The summed E-state index contributed by atoms with van der Waals surface area (Å²) in [7, 11) is -4.40. The monoisotopic (exact) mass is 565 g/mol. The van der Waals surface area contributed by atoms with Crippen molar-refractivity contribution < 1.29 is 37.6 Å². The van der Waals surface area contributed by atoms with Gasteiger partial charge in [-0.05, 0) is 57.7 Å². The predicted molar refractivity (Wildman–Crippen MR) is 141 cm³/mol. The van der Waals surface area contributed by atoms with Gasteiger partial charge >= 0.3 is 6.09 Å². The van der Waals surface area contributed by atoms with E-state index in [0.29, 0.717) is 17.5 Å². The quantitative estimate of drug-likeness (QED) is 0.307. The molecule has 1 aliphatic heterocycles. The molecule has 214 valence electrons. The Morgan fingerprint density at radius 3 is 2.41 bits per heavy atom. The van der Waals surface area contributed by atoms with Crippen LogP contribution in [0.4, 0.5) is 10.5 Å². The van der Waals surface area contributed by atoms with Gasteiger partial charge < -0.3 is 19.9 Å². The van der Waals surface area contributed by atoms with Crippen LogP contribution < -0.4 is 5.32 Å². The number of hydrogen-bond acceptors (Lipinski definition) is 9. The van der Waals surface area contributed by atoms with Crippen molar-refractivity contribution in [1.29, 1.82) is 0 Å². The standard InChI is InChI=1S/C26H35N3O9S/c1-26(2,3)37-25(31)27-22(17-19-9-5-4-6-10-19)23(30)18-28(38-24-11-7-8-16-36-24)39(34,35)21-14-12-20(13-15-21)29(32)33/h4-6,9-10,12-15,22-24,30H,7-8,11,16-18H2,1-3H3,(H,27,31)/t22-,23+,24?/m0/s1. The smallest absolute Gasteiger partial charge is 0.407 e. The molecule has 0 bridgehead atoms. The van der Waals surface area contributed by atoms with Crippen molar-refractivity contribution in [1.82, 2.24) is 9.79 Å². The van der Waals surface area contributed by atoms with Gasteiger partial charge in [0.25, 0.3) is 15.7 Å². The zero-order valence-electron chi connectivity index (χ0n) is 22.2. The third-order valence-corrected chi connectivity index (χ3v) is 7.43. The molecule has 2 aromatic rings. The topological polar surface area (TPSA) is 158 Å². The Morgan fingerprint density at radius 2 is 1.85 bits per heavy atom. The molecule has 1 aliphatic rings. The zero-order valence-corrected chi connectivity index (χ0v) is 23.0.